The fourth-order valence-electron chi connectivity index (χ4n) is 0.579. The molecule has 5 nitrogen and oxygen atoms in total. The highest BCUT2D eigenvalue weighted by Crippen LogP contribution is 1.81. The number of nitrogens with two attached hydrogens (primary N) is 1. The van der Waals surface area contributed by atoms with Crippen molar-refractivity contribution in [1.29, 1.82) is 0 Å². The Morgan fingerprint density at radius 2 is 2.36 bits per heavy atom. The van der Waals surface area contributed by atoms with Crippen molar-refractivity contribution >= 4 is 12.1 Å². The summed E-state index contributed by atoms with van der Waals surface area (Å²) in [7, 11) is 0. The topological polar surface area (TPSA) is 87.7 Å². The van der Waals surface area contributed by atoms with Gasteiger partial charge in [0.1, 0.15) is 6.21 Å². The minimum atomic E-state index is -0.385. The highest BCUT2D eigenvalue weighted by Gasteiger charge is 1.93. The van der Waals surface area contributed by atoms with Crippen LogP contribution in [0.3, 0.4) is 0 Å². The summed E-state index contributed by atoms with van der Waals surface area (Å²) in [5.41, 5.74) is 5.23. The van der Waals surface area contributed by atoms with Crippen LogP contribution in [0.2, 0.25) is 0 Å². The Balaban J connectivity index is 3.17. The molecule has 0 aromatic carbocycles. The van der Waals surface area contributed by atoms with Crippen LogP contribution in [0.1, 0.15) is 12.8 Å². The molecule has 0 atom stereocenters. The molecule has 0 heterocycles. The lowest BCUT2D eigenvalue weighted by atomic mass is 10.3. The lowest BCUT2D eigenvalue weighted by molar-refractivity contribution is -0.114. The van der Waals surface area contributed by atoms with Crippen LogP contribution in [0.25, 0.3) is 0 Å². The second-order valence-corrected chi connectivity index (χ2v) is 2.03. The van der Waals surface area contributed by atoms with Gasteiger partial charge in [-0.15, -0.1) is 0 Å². The van der Waals surface area contributed by atoms with Crippen LogP contribution < -0.4 is 11.1 Å². The number of nitrogens with zero attached hydrogens (tertiary/aromatic N) is 1. The van der Waals surface area contributed by atoms with Gasteiger partial charge in [0.2, 0.25) is 0 Å². The van der Waals surface area contributed by atoms with Crippen LogP contribution >= 0.6 is 0 Å². The molecule has 0 fully saturated rings. The minimum absolute atomic E-state index is 0.385. The number of hydrogen-bond donors (Lipinski definition) is 3. The Morgan fingerprint density at radius 3 is 2.91 bits per heavy atom. The van der Waals surface area contributed by atoms with Gasteiger partial charge >= 0.3 is 0 Å². The van der Waals surface area contributed by atoms with E-state index in [9.17, 15) is 4.79 Å². The van der Waals surface area contributed by atoms with E-state index >= 15 is 0 Å². The third-order valence-corrected chi connectivity index (χ3v) is 1.11. The summed E-state index contributed by atoms with van der Waals surface area (Å²) in [6.45, 7) is 1.20. The second kappa shape index (κ2) is 7.01. The van der Waals surface area contributed by atoms with Crippen molar-refractivity contribution in [3.05, 3.63) is 0 Å². The average molecular weight is 159 g/mol. The Bertz CT molecular complexity index is 136. The van der Waals surface area contributed by atoms with Crippen LogP contribution in [-0.4, -0.2) is 30.4 Å². The van der Waals surface area contributed by atoms with Crippen LogP contribution in [-0.2, 0) is 4.79 Å². The first-order chi connectivity index (χ1) is 5.31. The van der Waals surface area contributed by atoms with E-state index in [1.807, 2.05) is 0 Å². The van der Waals surface area contributed by atoms with Crippen LogP contribution in [0.15, 0.2) is 5.16 Å². The molecule has 64 valence electrons. The smallest absolute Gasteiger partial charge is 0.265 e. The molecule has 0 aliphatic heterocycles. The maximum atomic E-state index is 10.6. The summed E-state index contributed by atoms with van der Waals surface area (Å²) in [6.07, 6.45) is 2.56. The molecule has 1 amide bonds. The van der Waals surface area contributed by atoms with Crippen LogP contribution in [0, 0.1) is 0 Å². The summed E-state index contributed by atoms with van der Waals surface area (Å²) in [5, 5.41) is 13.0. The van der Waals surface area contributed by atoms with Crippen LogP contribution in [0.4, 0.5) is 0 Å². The van der Waals surface area contributed by atoms with E-state index in [2.05, 4.69) is 10.5 Å². The van der Waals surface area contributed by atoms with Gasteiger partial charge in [0.15, 0.2) is 0 Å². The van der Waals surface area contributed by atoms with E-state index in [0.29, 0.717) is 13.1 Å². The fourth-order valence-corrected chi connectivity index (χ4v) is 0.579. The van der Waals surface area contributed by atoms with E-state index in [-0.39, 0.29) is 5.91 Å². The SMILES string of the molecule is NCCCCNC(=O)/C=N/O. The Kier molecular flexibility index (Phi) is 6.31. The Hall–Kier alpha value is -1.10. The van der Waals surface area contributed by atoms with Crippen molar-refractivity contribution in [2.45, 2.75) is 12.8 Å². The minimum Gasteiger partial charge on any atom is -0.411 e. The molecule has 0 aromatic rings. The number of rotatable bonds is 5. The molecular weight excluding hydrogens is 146 g/mol. The first-order valence-electron chi connectivity index (χ1n) is 3.46. The maximum absolute atomic E-state index is 10.6. The molecule has 0 saturated carbocycles. The number of carbonyl (C=O) groups is 1. The van der Waals surface area contributed by atoms with E-state index < -0.39 is 0 Å². The van der Waals surface area contributed by atoms with E-state index in [4.69, 9.17) is 10.9 Å². The van der Waals surface area contributed by atoms with Gasteiger partial charge in [0, 0.05) is 6.54 Å². The van der Waals surface area contributed by atoms with Gasteiger partial charge in [-0.1, -0.05) is 5.16 Å². The highest BCUT2D eigenvalue weighted by molar-refractivity contribution is 6.25. The van der Waals surface area contributed by atoms with Crippen molar-refractivity contribution in [3.63, 3.8) is 0 Å². The molecule has 0 radical (unpaired) electrons. The van der Waals surface area contributed by atoms with Crippen molar-refractivity contribution < 1.29 is 10.0 Å². The summed E-state index contributed by atoms with van der Waals surface area (Å²) >= 11 is 0. The Labute approximate surface area is 65.3 Å². The molecule has 0 bridgehead atoms. The third-order valence-electron chi connectivity index (χ3n) is 1.11. The predicted molar refractivity (Wildman–Crippen MR) is 41.6 cm³/mol. The number of unbranched alkanes of at least 4 members (excludes halogenated alkanes) is 1. The lowest BCUT2D eigenvalue weighted by Crippen LogP contribution is -2.25. The first kappa shape index (κ1) is 9.90. The fraction of sp³-hybridized carbons (Fsp3) is 0.667. The zero-order valence-corrected chi connectivity index (χ0v) is 6.29. The monoisotopic (exact) mass is 159 g/mol. The Morgan fingerprint density at radius 1 is 1.64 bits per heavy atom. The van der Waals surface area contributed by atoms with Crippen molar-refractivity contribution in [3.8, 4) is 0 Å². The normalized spacial score (nSPS) is 10.3. The summed E-state index contributed by atoms with van der Waals surface area (Å²) in [6, 6.07) is 0. The number of nitrogens with one attached hydrogen (secondary N) is 1. The van der Waals surface area contributed by atoms with Gasteiger partial charge < -0.3 is 16.3 Å². The second-order valence-electron chi connectivity index (χ2n) is 2.03. The van der Waals surface area contributed by atoms with E-state index in [1.165, 1.54) is 0 Å². The maximum Gasteiger partial charge on any atom is 0.265 e. The molecular formula is C6H13N3O2. The number of carbonyl (C=O) groups excluding carboxylic acids is 1. The molecule has 11 heavy (non-hydrogen) atoms. The van der Waals surface area contributed by atoms with Gasteiger partial charge in [-0.05, 0) is 19.4 Å². The van der Waals surface area contributed by atoms with Crippen molar-refractivity contribution in [2.75, 3.05) is 13.1 Å². The molecule has 0 spiro atoms. The largest absolute Gasteiger partial charge is 0.411 e. The zero-order chi connectivity index (χ0) is 8.53. The average Bonchev–Trinajstić information content (AvgIpc) is 1.99. The lowest BCUT2D eigenvalue weighted by Gasteiger charge is -1.98. The molecule has 0 aromatic heterocycles. The standard InChI is InChI=1S/C6H13N3O2/c7-3-1-2-4-8-6(10)5-9-11/h5,11H,1-4,7H2,(H,8,10)/b9-5+. The molecule has 0 aliphatic carbocycles. The van der Waals surface area contributed by atoms with Gasteiger partial charge in [-0.3, -0.25) is 4.79 Å². The first-order valence-corrected chi connectivity index (χ1v) is 3.46. The van der Waals surface area contributed by atoms with Gasteiger partial charge in [0.05, 0.1) is 0 Å². The number of oxime groups is 1. The highest BCUT2D eigenvalue weighted by atomic mass is 16.4. The summed E-state index contributed by atoms with van der Waals surface area (Å²) in [5.74, 6) is -0.385. The number of hydrogen-bond acceptors (Lipinski definition) is 4. The van der Waals surface area contributed by atoms with E-state index in [1.54, 1.807) is 0 Å². The van der Waals surface area contributed by atoms with Gasteiger partial charge in [0.25, 0.3) is 5.91 Å². The third kappa shape index (κ3) is 6.79. The zero-order valence-electron chi connectivity index (χ0n) is 6.29. The van der Waals surface area contributed by atoms with Gasteiger partial charge in [-0.2, -0.15) is 0 Å². The van der Waals surface area contributed by atoms with Crippen molar-refractivity contribution in [1.82, 2.24) is 5.32 Å². The molecule has 4 N–H and O–H groups in total. The molecule has 0 rings (SSSR count). The molecule has 5 heteroatoms. The van der Waals surface area contributed by atoms with E-state index in [0.717, 1.165) is 19.1 Å². The number of amides is 1. The predicted octanol–water partition coefficient (Wildman–Crippen LogP) is -0.698. The molecule has 0 aliphatic rings. The summed E-state index contributed by atoms with van der Waals surface area (Å²) < 4.78 is 0. The van der Waals surface area contributed by atoms with Gasteiger partial charge in [-0.25, -0.2) is 0 Å². The molecule has 0 unspecified atom stereocenters. The molecule has 0 saturated heterocycles. The summed E-state index contributed by atoms with van der Waals surface area (Å²) in [4.78, 5) is 10.6. The van der Waals surface area contributed by atoms with Crippen LogP contribution in [0.5, 0.6) is 0 Å². The van der Waals surface area contributed by atoms with Crippen molar-refractivity contribution in [2.24, 2.45) is 10.9 Å². The quantitative estimate of drug-likeness (QED) is 0.214.